The van der Waals surface area contributed by atoms with Gasteiger partial charge in [-0.1, -0.05) is 39.0 Å². The van der Waals surface area contributed by atoms with Gasteiger partial charge in [-0.25, -0.2) is 0 Å². The van der Waals surface area contributed by atoms with Crippen LogP contribution in [0.25, 0.3) is 54.8 Å². The number of carbonyl (C=O) groups excluding carboxylic acids is 1. The Morgan fingerprint density at radius 3 is 2.59 bits per heavy atom. The summed E-state index contributed by atoms with van der Waals surface area (Å²) in [5.41, 5.74) is 6.50. The van der Waals surface area contributed by atoms with E-state index < -0.39 is 5.41 Å². The fraction of sp³-hybridized carbons (Fsp3) is 0.138. The van der Waals surface area contributed by atoms with E-state index >= 15 is 0 Å². The Balaban J connectivity index is 1.40. The van der Waals surface area contributed by atoms with Gasteiger partial charge in [-0.05, 0) is 48.0 Å². The second-order valence-electron chi connectivity index (χ2n) is 10.1. The number of thiophene rings is 1. The van der Waals surface area contributed by atoms with Gasteiger partial charge < -0.3 is 10.3 Å². The topological polar surface area (TPSA) is 86.5 Å². The van der Waals surface area contributed by atoms with Crippen molar-refractivity contribution in [1.82, 2.24) is 20.2 Å². The quantitative estimate of drug-likeness (QED) is 0.228. The van der Waals surface area contributed by atoms with E-state index in [1.807, 2.05) is 63.2 Å². The Morgan fingerprint density at radius 2 is 1.81 bits per heavy atom. The third kappa shape index (κ3) is 4.29. The Bertz CT molecular complexity index is 1790. The van der Waals surface area contributed by atoms with Gasteiger partial charge in [-0.15, -0.1) is 11.3 Å². The summed E-state index contributed by atoms with van der Waals surface area (Å²) >= 11 is 1.14. The van der Waals surface area contributed by atoms with E-state index in [-0.39, 0.29) is 11.0 Å². The number of benzene rings is 2. The molecule has 0 aliphatic heterocycles. The molecular formula is C29H24FN5OS. The molecule has 0 unspecified atom stereocenters. The molecule has 0 atom stereocenters. The number of aromatic nitrogens is 4. The van der Waals surface area contributed by atoms with Crippen LogP contribution in [0.4, 0.5) is 10.1 Å². The summed E-state index contributed by atoms with van der Waals surface area (Å²) in [4.78, 5) is 21.1. The number of aromatic amines is 2. The van der Waals surface area contributed by atoms with Crippen molar-refractivity contribution in [2.75, 3.05) is 5.32 Å². The van der Waals surface area contributed by atoms with Crippen LogP contribution in [0.3, 0.4) is 0 Å². The number of nitrogens with zero attached hydrogens (tertiary/aromatic N) is 2. The summed E-state index contributed by atoms with van der Waals surface area (Å²) < 4.78 is 13.7. The van der Waals surface area contributed by atoms with Crippen LogP contribution in [0, 0.1) is 10.5 Å². The standard InChI is InChI=1S/C29H24FN5OS/c1-29(2,3)28(36)32-18-11-17(14-31-15-18)16-7-8-23-21(12-16)27(35-34-23)24-13-20-19(5-4-6-22(20)33-24)25-9-10-26(30)37-25/h4-15,33H,1-3H3,(H,32,36)(H,34,35). The minimum absolute atomic E-state index is 0.0671. The molecule has 0 aliphatic rings. The third-order valence-electron chi connectivity index (χ3n) is 6.33. The van der Waals surface area contributed by atoms with Crippen molar-refractivity contribution in [2.24, 2.45) is 5.41 Å². The lowest BCUT2D eigenvalue weighted by atomic mass is 9.95. The summed E-state index contributed by atoms with van der Waals surface area (Å²) in [6.07, 6.45) is 3.43. The Morgan fingerprint density at radius 1 is 0.946 bits per heavy atom. The summed E-state index contributed by atoms with van der Waals surface area (Å²) in [5.74, 6) is -0.0671. The van der Waals surface area contributed by atoms with E-state index in [2.05, 4.69) is 37.6 Å². The van der Waals surface area contributed by atoms with E-state index in [0.29, 0.717) is 5.69 Å². The molecule has 0 spiro atoms. The van der Waals surface area contributed by atoms with Gasteiger partial charge in [0.1, 0.15) is 5.69 Å². The molecule has 6 aromatic rings. The number of pyridine rings is 1. The second-order valence-corrected chi connectivity index (χ2v) is 11.1. The van der Waals surface area contributed by atoms with Gasteiger partial charge in [0.05, 0.1) is 23.1 Å². The number of hydrogen-bond donors (Lipinski definition) is 3. The predicted molar refractivity (Wildman–Crippen MR) is 148 cm³/mol. The monoisotopic (exact) mass is 509 g/mol. The maximum Gasteiger partial charge on any atom is 0.229 e. The molecule has 0 saturated heterocycles. The van der Waals surface area contributed by atoms with E-state index in [1.165, 1.54) is 6.07 Å². The first-order chi connectivity index (χ1) is 17.8. The van der Waals surface area contributed by atoms with Crippen LogP contribution in [0.2, 0.25) is 0 Å². The second kappa shape index (κ2) is 8.67. The van der Waals surface area contributed by atoms with Crippen molar-refractivity contribution in [3.8, 4) is 33.0 Å². The molecule has 3 N–H and O–H groups in total. The zero-order valence-electron chi connectivity index (χ0n) is 20.5. The van der Waals surface area contributed by atoms with Crippen LogP contribution >= 0.6 is 11.3 Å². The number of fused-ring (bicyclic) bond motifs is 2. The molecule has 0 aliphatic carbocycles. The highest BCUT2D eigenvalue weighted by molar-refractivity contribution is 7.14. The number of anilines is 1. The molecule has 37 heavy (non-hydrogen) atoms. The van der Waals surface area contributed by atoms with Crippen molar-refractivity contribution in [1.29, 1.82) is 0 Å². The lowest BCUT2D eigenvalue weighted by Crippen LogP contribution is -2.27. The van der Waals surface area contributed by atoms with Crippen molar-refractivity contribution in [2.45, 2.75) is 20.8 Å². The molecule has 6 rings (SSSR count). The normalized spacial score (nSPS) is 11.9. The molecular weight excluding hydrogens is 485 g/mol. The van der Waals surface area contributed by atoms with E-state index in [9.17, 15) is 9.18 Å². The smallest absolute Gasteiger partial charge is 0.229 e. The average Bonchev–Trinajstić information content (AvgIpc) is 3.60. The van der Waals surface area contributed by atoms with Crippen LogP contribution in [0.15, 0.2) is 73.1 Å². The Kier molecular flexibility index (Phi) is 5.42. The number of amides is 1. The van der Waals surface area contributed by atoms with E-state index in [4.69, 9.17) is 0 Å². The van der Waals surface area contributed by atoms with E-state index in [0.717, 1.165) is 66.1 Å². The number of halogens is 1. The molecule has 2 aromatic carbocycles. The Hall–Kier alpha value is -4.30. The highest BCUT2D eigenvalue weighted by atomic mass is 32.1. The minimum atomic E-state index is -0.502. The Labute approximate surface area is 216 Å². The largest absolute Gasteiger partial charge is 0.353 e. The molecule has 184 valence electrons. The molecule has 0 radical (unpaired) electrons. The highest BCUT2D eigenvalue weighted by Crippen LogP contribution is 2.37. The van der Waals surface area contributed by atoms with Gasteiger partial charge in [0.15, 0.2) is 5.13 Å². The highest BCUT2D eigenvalue weighted by Gasteiger charge is 2.21. The summed E-state index contributed by atoms with van der Waals surface area (Å²) in [7, 11) is 0. The van der Waals surface area contributed by atoms with Crippen molar-refractivity contribution < 1.29 is 9.18 Å². The zero-order valence-corrected chi connectivity index (χ0v) is 21.3. The van der Waals surface area contributed by atoms with Gasteiger partial charge in [-0.2, -0.15) is 9.49 Å². The van der Waals surface area contributed by atoms with Crippen molar-refractivity contribution >= 4 is 44.7 Å². The molecule has 6 nitrogen and oxygen atoms in total. The van der Waals surface area contributed by atoms with Gasteiger partial charge in [-0.3, -0.25) is 14.9 Å². The van der Waals surface area contributed by atoms with Crippen molar-refractivity contribution in [3.05, 3.63) is 78.2 Å². The first-order valence-electron chi connectivity index (χ1n) is 11.9. The van der Waals surface area contributed by atoms with Gasteiger partial charge in [0.25, 0.3) is 0 Å². The van der Waals surface area contributed by atoms with Crippen LogP contribution < -0.4 is 5.32 Å². The lowest BCUT2D eigenvalue weighted by Gasteiger charge is -2.17. The summed E-state index contributed by atoms with van der Waals surface area (Å²) in [6.45, 7) is 5.62. The fourth-order valence-corrected chi connectivity index (χ4v) is 5.11. The van der Waals surface area contributed by atoms with Crippen LogP contribution in [0.5, 0.6) is 0 Å². The maximum absolute atomic E-state index is 13.7. The van der Waals surface area contributed by atoms with Crippen molar-refractivity contribution in [3.63, 3.8) is 0 Å². The number of H-pyrrole nitrogens is 2. The van der Waals surface area contributed by atoms with E-state index in [1.54, 1.807) is 12.4 Å². The summed E-state index contributed by atoms with van der Waals surface area (Å²) in [5, 5.41) is 12.4. The molecule has 8 heteroatoms. The molecule has 0 saturated carbocycles. The zero-order chi connectivity index (χ0) is 25.7. The maximum atomic E-state index is 13.7. The van der Waals surface area contributed by atoms with Crippen LogP contribution in [0.1, 0.15) is 20.8 Å². The lowest BCUT2D eigenvalue weighted by molar-refractivity contribution is -0.123. The van der Waals surface area contributed by atoms with Gasteiger partial charge in [0.2, 0.25) is 5.91 Å². The SMILES string of the molecule is CC(C)(C)C(=O)Nc1cncc(-c2ccc3[nH]nc(-c4cc5c(-c6ccc(F)s6)cccc5[nH]4)c3c2)c1. The summed E-state index contributed by atoms with van der Waals surface area (Å²) in [6, 6.07) is 19.3. The number of carbonyl (C=O) groups is 1. The van der Waals surface area contributed by atoms with Gasteiger partial charge >= 0.3 is 0 Å². The fourth-order valence-electron chi connectivity index (χ4n) is 4.34. The predicted octanol–water partition coefficient (Wildman–Crippen LogP) is 7.63. The average molecular weight is 510 g/mol. The number of hydrogen-bond acceptors (Lipinski definition) is 4. The first-order valence-corrected chi connectivity index (χ1v) is 12.7. The minimum Gasteiger partial charge on any atom is -0.353 e. The first kappa shape index (κ1) is 23.1. The number of nitrogens with one attached hydrogen (secondary N) is 3. The molecule has 1 amide bonds. The molecule has 4 aromatic heterocycles. The third-order valence-corrected chi connectivity index (χ3v) is 7.24. The molecule has 4 heterocycles. The molecule has 0 bridgehead atoms. The van der Waals surface area contributed by atoms with Crippen LogP contribution in [-0.2, 0) is 4.79 Å². The molecule has 0 fully saturated rings. The van der Waals surface area contributed by atoms with Gasteiger partial charge in [0, 0.05) is 43.9 Å². The van der Waals surface area contributed by atoms with Crippen LogP contribution in [-0.4, -0.2) is 26.1 Å². The number of rotatable bonds is 4.